The number of likely N-dealkylation sites (tertiary alicyclic amines) is 3. The number of methoxy groups -OCH3 is 1. The van der Waals surface area contributed by atoms with Crippen LogP contribution in [0.4, 0.5) is 0 Å². The number of halogens is 1. The molecule has 132 heavy (non-hydrogen) atoms. The van der Waals surface area contributed by atoms with Gasteiger partial charge in [0.25, 0.3) is 0 Å². The van der Waals surface area contributed by atoms with Gasteiger partial charge in [0.15, 0.2) is 118 Å². The Balaban J connectivity index is 0.000000153. The zero-order valence-corrected chi connectivity index (χ0v) is 88.7. The predicted molar refractivity (Wildman–Crippen MR) is 523 cm³/mol. The highest BCUT2D eigenvalue weighted by Crippen LogP contribution is 2.40. The molecular weight excluding hydrogens is 2060 g/mol. The van der Waals surface area contributed by atoms with Crippen molar-refractivity contribution in [1.82, 2.24) is 30.3 Å². The van der Waals surface area contributed by atoms with Crippen molar-refractivity contribution in [3.63, 3.8) is 0 Å². The van der Waals surface area contributed by atoms with Crippen molar-refractivity contribution in [1.29, 1.82) is 0 Å². The third-order valence-electron chi connectivity index (χ3n) is 25.1. The van der Waals surface area contributed by atoms with Gasteiger partial charge in [0.05, 0.1) is 112 Å². The Kier molecular flexibility index (Phi) is 37.5. The number of pyridine rings is 1. The van der Waals surface area contributed by atoms with E-state index in [9.17, 15) is 101 Å². The average molecular weight is 2180 g/mol. The van der Waals surface area contributed by atoms with E-state index in [1.807, 2.05) is 0 Å². The molecule has 9 aliphatic heterocycles. The van der Waals surface area contributed by atoms with E-state index in [2.05, 4.69) is 64.9 Å². The maximum atomic E-state index is 12.9. The molecule has 1 aromatic carbocycles. The fraction of sp³-hybridized carbons (Fsp3) is 0.627. The fourth-order valence-electron chi connectivity index (χ4n) is 18.6. The van der Waals surface area contributed by atoms with Gasteiger partial charge in [-0.3, -0.25) is 19.7 Å². The number of benzene rings is 1. The zero-order chi connectivity index (χ0) is 96.4. The first-order valence-corrected chi connectivity index (χ1v) is 68.4. The van der Waals surface area contributed by atoms with Crippen molar-refractivity contribution in [2.24, 2.45) is 29.6 Å². The van der Waals surface area contributed by atoms with Gasteiger partial charge in [0, 0.05) is 80.9 Å². The highest BCUT2D eigenvalue weighted by Gasteiger charge is 2.54. The third-order valence-corrected chi connectivity index (χ3v) is 57.5. The van der Waals surface area contributed by atoms with Crippen molar-refractivity contribution in [3.05, 3.63) is 147 Å². The van der Waals surface area contributed by atoms with E-state index in [1.165, 1.54) is 54.8 Å². The van der Waals surface area contributed by atoms with Crippen LogP contribution < -0.4 is 10.6 Å². The summed E-state index contributed by atoms with van der Waals surface area (Å²) >= 11 is 11.5. The normalized spacial score (nSPS) is 28.4. The van der Waals surface area contributed by atoms with E-state index < -0.39 is 174 Å². The zero-order valence-electron chi connectivity index (χ0n) is 74.0. The molecule has 14 atom stereocenters. The molecular formula is C83H119ClN6O25S17. The van der Waals surface area contributed by atoms with Crippen LogP contribution in [0.25, 0.3) is 0 Å². The Morgan fingerprint density at radius 2 is 0.773 bits per heavy atom. The number of nitrogens with zero attached hydrogens (tertiary/aromatic N) is 4. The summed E-state index contributed by atoms with van der Waals surface area (Å²) in [5.74, 6) is -0.332. The molecule has 0 aliphatic carbocycles. The Bertz CT molecular complexity index is 6410. The molecule has 0 unspecified atom stereocenters. The van der Waals surface area contributed by atoms with Crippen LogP contribution in [0.15, 0.2) is 162 Å². The highest BCUT2D eigenvalue weighted by atomic mass is 35.5. The predicted octanol–water partition coefficient (Wildman–Crippen LogP) is 8.41. The van der Waals surface area contributed by atoms with Crippen LogP contribution in [0.5, 0.6) is 0 Å². The lowest BCUT2D eigenvalue weighted by Crippen LogP contribution is -2.51. The van der Waals surface area contributed by atoms with Gasteiger partial charge >= 0.3 is 0 Å². The van der Waals surface area contributed by atoms with Gasteiger partial charge in [-0.1, -0.05) is 95.8 Å². The molecule has 49 heteroatoms. The number of hydrogen-bond donors (Lipinski definition) is 2. The van der Waals surface area contributed by atoms with Gasteiger partial charge in [-0.2, -0.15) is 0 Å². The number of hydrogen-bond acceptors (Lipinski definition) is 36. The Morgan fingerprint density at radius 1 is 0.417 bits per heavy atom. The second-order valence-electron chi connectivity index (χ2n) is 36.0. The number of ether oxygens (including phenoxy) is 1. The summed E-state index contributed by atoms with van der Waals surface area (Å²) in [5.41, 5.74) is 0.927. The minimum atomic E-state index is -3.66. The van der Waals surface area contributed by atoms with Gasteiger partial charge in [-0.15, -0.1) is 56.7 Å². The van der Waals surface area contributed by atoms with Crippen LogP contribution in [-0.2, 0) is 129 Å². The summed E-state index contributed by atoms with van der Waals surface area (Å²) in [4.78, 5) is 10.3. The van der Waals surface area contributed by atoms with E-state index in [0.29, 0.717) is 54.8 Å². The minimum Gasteiger partial charge on any atom is -0.383 e. The lowest BCUT2D eigenvalue weighted by atomic mass is 9.91. The second kappa shape index (κ2) is 45.5. The van der Waals surface area contributed by atoms with Crippen molar-refractivity contribution >= 4 is 186 Å². The number of nitrogens with one attached hydrogen (secondary N) is 2. The summed E-state index contributed by atoms with van der Waals surface area (Å²) in [6, 6.07) is 23.3. The molecule has 9 saturated heterocycles. The van der Waals surface area contributed by atoms with E-state index >= 15 is 0 Å². The van der Waals surface area contributed by atoms with Gasteiger partial charge < -0.3 is 15.4 Å². The Morgan fingerprint density at radius 3 is 1.16 bits per heavy atom. The Labute approximate surface area is 805 Å². The maximum absolute atomic E-state index is 12.9. The summed E-state index contributed by atoms with van der Waals surface area (Å²) < 4.78 is 303. The summed E-state index contributed by atoms with van der Waals surface area (Å²) in [6.45, 7) is 16.7. The van der Waals surface area contributed by atoms with E-state index in [-0.39, 0.29) is 107 Å². The van der Waals surface area contributed by atoms with Crippen molar-refractivity contribution in [3.8, 4) is 0 Å². The molecule has 0 spiro atoms. The molecule has 9 aliphatic rings. The van der Waals surface area contributed by atoms with Crippen molar-refractivity contribution in [2.45, 2.75) is 187 Å². The maximum Gasteiger partial charge on any atom is 0.193 e. The lowest BCUT2D eigenvalue weighted by molar-refractivity contribution is 0.107. The first-order chi connectivity index (χ1) is 61.7. The molecule has 740 valence electrons. The molecule has 7 aromatic rings. The third kappa shape index (κ3) is 28.6. The van der Waals surface area contributed by atoms with E-state index in [1.54, 1.807) is 100.0 Å². The summed E-state index contributed by atoms with van der Waals surface area (Å²) in [5, 5.41) is 9.80. The quantitative estimate of drug-likeness (QED) is 0.0480. The molecule has 9 fully saturated rings. The van der Waals surface area contributed by atoms with Gasteiger partial charge in [-0.25, -0.2) is 101 Å². The molecule has 0 amide bonds. The van der Waals surface area contributed by atoms with Crippen molar-refractivity contribution in [2.75, 3.05) is 129 Å². The largest absolute Gasteiger partial charge is 0.383 e. The topological polar surface area (TPSA) is 466 Å². The number of piperidine rings is 3. The fourth-order valence-corrected chi connectivity index (χ4v) is 53.8. The number of aromatic nitrogens is 1. The molecule has 0 radical (unpaired) electrons. The lowest BCUT2D eigenvalue weighted by Gasteiger charge is -2.40. The van der Waals surface area contributed by atoms with Gasteiger partial charge in [-0.05, 0) is 193 Å². The summed E-state index contributed by atoms with van der Waals surface area (Å²) in [7, 11) is -40.1. The minimum absolute atomic E-state index is 0.0252. The monoisotopic (exact) mass is 2180 g/mol. The molecule has 31 nitrogen and oxygen atoms in total. The van der Waals surface area contributed by atoms with Crippen LogP contribution >= 0.6 is 68.3 Å². The molecule has 2 N–H and O–H groups in total. The van der Waals surface area contributed by atoms with Crippen LogP contribution in [0, 0.1) is 29.6 Å². The van der Waals surface area contributed by atoms with Crippen LogP contribution in [0.3, 0.4) is 0 Å². The first kappa shape index (κ1) is 109. The molecule has 0 saturated carbocycles. The van der Waals surface area contributed by atoms with Crippen LogP contribution in [0.2, 0.25) is 5.02 Å². The van der Waals surface area contributed by atoms with E-state index in [0.717, 1.165) is 142 Å². The highest BCUT2D eigenvalue weighted by molar-refractivity contribution is 8.00. The smallest absolute Gasteiger partial charge is 0.193 e. The van der Waals surface area contributed by atoms with Gasteiger partial charge in [0.1, 0.15) is 21.0 Å². The second-order valence-corrected chi connectivity index (χ2v) is 68.2. The molecule has 6 aromatic heterocycles. The molecule has 16 rings (SSSR count). The molecule has 15 heterocycles. The van der Waals surface area contributed by atoms with Crippen molar-refractivity contribution < 1.29 is 106 Å². The standard InChI is InChI=1S/C16H23ClO4S2.C15H23NO4S3.C14H16N2O4S3.C14H21NO4S3.C13H19NO4S3.C11H17NO5S3/c1-12(2)4-3-5-13-10-22(18,19)11-16(13)23(20,21)15-8-6-14(17)7-9-15;1-11-6-12(2)8-16(7-11)13-9-22(17,18)10-14(13)23(19,20)15-4-3-5-21-15;17-22(18)9-12(16-8-11-3-5-15-6-4-11)13(10-22)23(19,20)14-2-1-7-21-14;1-11-4-6-15(7-5-11)12-9-21(16,17)10-13(12)22(18,19)14-3-2-8-20-14;15-20(16)9-11(14-6-2-1-3-7-14)12(10-20)21(17,18)13-5-4-8-19-13;1-17-5-4-12-9-7-19(13,14)8-10(9)20(15,16)11-3-2-6-18-11/h6-9,12-13,16H,3-5,10-11H2,1-2H3;3-5,11-14H,6-10H2,1-2H3;1-7,12-13,16H,8-10H2;2-3,8,11-13H,4-7,9-10H2,1H3;4-5,8,11-12H,1-3,6-7,9-10H2;2-3,6,9-10,12H,4-5,7-8H2,1H3/t13-,16-;11-,12+,13-,14-;2*12-,13-;11-,12-;9-,10-/m000000/s1. The van der Waals surface area contributed by atoms with Crippen LogP contribution in [0.1, 0.15) is 98.0 Å². The molecule has 0 bridgehead atoms. The number of sulfone groups is 12. The van der Waals surface area contributed by atoms with Gasteiger partial charge in [0.2, 0.25) is 0 Å². The average Bonchev–Trinajstić information content (AvgIpc) is 1.65. The van der Waals surface area contributed by atoms with Crippen LogP contribution in [-0.4, -0.2) is 311 Å². The SMILES string of the molecule is CC(C)CCC[C@H]1CS(=O)(=O)C[C@@H]1S(=O)(=O)c1ccc(Cl)cc1.CC1CCN([C@H]2CS(=O)(=O)C[C@@H]2S(=O)(=O)c2cccs2)CC1.COCCN[C@H]1CS(=O)(=O)C[C@@H]1S(=O)(=O)c1cccs1.C[C@@H]1C[C@H](C)CN([C@H]2CS(=O)(=O)C[C@@H]2S(=O)(=O)c2cccs2)C1.O=S1(=O)C[C@H](N2CCCCC2)[C@@H](S(=O)(=O)c2cccs2)C1.O=S1(=O)C[C@H](NCc2ccncc2)[C@@H](S(=O)(=O)c2cccs2)C1. The van der Waals surface area contributed by atoms with E-state index in [4.69, 9.17) is 16.3 Å². The first-order valence-electron chi connectivity index (χ1n) is 43.4. The number of thiophene rings is 5. The number of rotatable bonds is 26. The summed E-state index contributed by atoms with van der Waals surface area (Å²) in [6.07, 6.45) is 12.0. The Hall–Kier alpha value is -3.68.